The molecular weight excluding hydrogens is 319 g/mol. The van der Waals surface area contributed by atoms with E-state index < -0.39 is 33.9 Å². The van der Waals surface area contributed by atoms with Crippen molar-refractivity contribution in [3.63, 3.8) is 0 Å². The number of carbonyl (C=O) groups is 2. The lowest BCUT2D eigenvalue weighted by atomic mass is 9.64. The Hall–Kier alpha value is -1.85. The van der Waals surface area contributed by atoms with Gasteiger partial charge >= 0.3 is 6.18 Å². The molecule has 0 heterocycles. The van der Waals surface area contributed by atoms with E-state index >= 15 is 0 Å². The third-order valence-corrected chi connectivity index (χ3v) is 6.62. The van der Waals surface area contributed by atoms with Crippen LogP contribution in [0.15, 0.2) is 24.3 Å². The van der Waals surface area contributed by atoms with Gasteiger partial charge in [-0.25, -0.2) is 0 Å². The molecule has 0 aliphatic heterocycles. The minimum absolute atomic E-state index is 0.0259. The van der Waals surface area contributed by atoms with E-state index in [1.807, 2.05) is 20.8 Å². The Balaban J connectivity index is 1.97. The fraction of sp³-hybridized carbons (Fsp3) is 0.556. The molecular formula is C18H20F3NO2. The number of alkyl halides is 3. The first kappa shape index (κ1) is 17.0. The summed E-state index contributed by atoms with van der Waals surface area (Å²) in [7, 11) is 0. The van der Waals surface area contributed by atoms with Gasteiger partial charge in [-0.05, 0) is 30.4 Å². The van der Waals surface area contributed by atoms with Crippen LogP contribution in [0.4, 0.5) is 18.9 Å². The molecule has 2 fully saturated rings. The summed E-state index contributed by atoms with van der Waals surface area (Å²) in [6.07, 6.45) is -3.35. The maximum absolute atomic E-state index is 13.1. The van der Waals surface area contributed by atoms with E-state index in [-0.39, 0.29) is 17.9 Å². The molecule has 0 saturated heterocycles. The van der Waals surface area contributed by atoms with Gasteiger partial charge in [-0.15, -0.1) is 0 Å². The minimum Gasteiger partial charge on any atom is -0.325 e. The number of hydrogen-bond donors (Lipinski definition) is 1. The molecule has 0 radical (unpaired) electrons. The van der Waals surface area contributed by atoms with Gasteiger partial charge in [0, 0.05) is 11.8 Å². The lowest BCUT2D eigenvalue weighted by Crippen LogP contribution is -2.43. The SMILES string of the molecule is CC12CCC(C(=O)Nc3ccccc3C(F)(F)F)(CC1=O)C2(C)C. The number of nitrogens with one attached hydrogen (secondary N) is 1. The van der Waals surface area contributed by atoms with Crippen LogP contribution in [0.2, 0.25) is 0 Å². The van der Waals surface area contributed by atoms with Gasteiger partial charge < -0.3 is 5.32 Å². The number of Topliss-reactive ketones (excluding diaryl/α,β-unsaturated/α-hetero) is 1. The van der Waals surface area contributed by atoms with Crippen molar-refractivity contribution in [1.29, 1.82) is 0 Å². The Morgan fingerprint density at radius 2 is 1.75 bits per heavy atom. The number of rotatable bonds is 2. The molecule has 2 aliphatic carbocycles. The first-order valence-corrected chi connectivity index (χ1v) is 7.97. The van der Waals surface area contributed by atoms with Crippen molar-refractivity contribution < 1.29 is 22.8 Å². The van der Waals surface area contributed by atoms with E-state index in [9.17, 15) is 22.8 Å². The molecule has 1 N–H and O–H groups in total. The maximum atomic E-state index is 13.1. The van der Waals surface area contributed by atoms with Crippen LogP contribution in [-0.4, -0.2) is 11.7 Å². The molecule has 24 heavy (non-hydrogen) atoms. The monoisotopic (exact) mass is 339 g/mol. The second-order valence-corrected chi connectivity index (χ2v) is 7.64. The number of halogens is 3. The molecule has 0 aromatic heterocycles. The number of anilines is 1. The molecule has 3 rings (SSSR count). The van der Waals surface area contributed by atoms with E-state index in [0.717, 1.165) is 6.07 Å². The molecule has 6 heteroatoms. The first-order valence-electron chi connectivity index (χ1n) is 7.97. The fourth-order valence-corrected chi connectivity index (χ4v) is 4.44. The molecule has 1 aromatic carbocycles. The number of hydrogen-bond acceptors (Lipinski definition) is 2. The summed E-state index contributed by atoms with van der Waals surface area (Å²) in [4.78, 5) is 25.3. The van der Waals surface area contributed by atoms with E-state index in [1.165, 1.54) is 18.2 Å². The van der Waals surface area contributed by atoms with Gasteiger partial charge in [-0.3, -0.25) is 9.59 Å². The van der Waals surface area contributed by atoms with Gasteiger partial charge in [0.15, 0.2) is 0 Å². The lowest BCUT2D eigenvalue weighted by molar-refractivity contribution is -0.137. The Bertz CT molecular complexity index is 725. The van der Waals surface area contributed by atoms with E-state index in [0.29, 0.717) is 12.8 Å². The molecule has 2 unspecified atom stereocenters. The smallest absolute Gasteiger partial charge is 0.325 e. The quantitative estimate of drug-likeness (QED) is 0.866. The van der Waals surface area contributed by atoms with Gasteiger partial charge in [0.05, 0.1) is 16.7 Å². The van der Waals surface area contributed by atoms with E-state index in [4.69, 9.17) is 0 Å². The van der Waals surface area contributed by atoms with Crippen molar-refractivity contribution in [2.75, 3.05) is 5.32 Å². The molecule has 3 nitrogen and oxygen atoms in total. The van der Waals surface area contributed by atoms with Crippen molar-refractivity contribution in [3.8, 4) is 0 Å². The van der Waals surface area contributed by atoms with Crippen LogP contribution in [0.25, 0.3) is 0 Å². The molecule has 2 atom stereocenters. The molecule has 130 valence electrons. The molecule has 2 bridgehead atoms. The highest BCUT2D eigenvalue weighted by molar-refractivity contribution is 6.04. The van der Waals surface area contributed by atoms with Crippen LogP contribution in [0.3, 0.4) is 0 Å². The zero-order valence-corrected chi connectivity index (χ0v) is 13.9. The Kier molecular flexibility index (Phi) is 3.42. The number of para-hydroxylation sites is 1. The van der Waals surface area contributed by atoms with Gasteiger partial charge in [0.25, 0.3) is 0 Å². The van der Waals surface area contributed by atoms with E-state index in [2.05, 4.69) is 5.32 Å². The average molecular weight is 339 g/mol. The second-order valence-electron chi connectivity index (χ2n) is 7.64. The average Bonchev–Trinajstić information content (AvgIpc) is 2.77. The molecule has 1 aromatic rings. The largest absolute Gasteiger partial charge is 0.418 e. The fourth-order valence-electron chi connectivity index (χ4n) is 4.44. The highest BCUT2D eigenvalue weighted by Crippen LogP contribution is 2.70. The van der Waals surface area contributed by atoms with Crippen molar-refractivity contribution in [2.24, 2.45) is 16.2 Å². The number of benzene rings is 1. The number of carbonyl (C=O) groups excluding carboxylic acids is 2. The van der Waals surface area contributed by atoms with Crippen LogP contribution in [0.5, 0.6) is 0 Å². The van der Waals surface area contributed by atoms with E-state index in [1.54, 1.807) is 0 Å². The number of amides is 1. The van der Waals surface area contributed by atoms with Crippen molar-refractivity contribution in [2.45, 2.75) is 46.2 Å². The molecule has 2 aliphatic rings. The lowest BCUT2D eigenvalue weighted by Gasteiger charge is -2.38. The summed E-state index contributed by atoms with van der Waals surface area (Å²) < 4.78 is 39.4. The highest BCUT2D eigenvalue weighted by Gasteiger charge is 2.72. The highest BCUT2D eigenvalue weighted by atomic mass is 19.4. The predicted octanol–water partition coefficient (Wildman–Crippen LogP) is 4.43. The summed E-state index contributed by atoms with van der Waals surface area (Å²) in [5, 5.41) is 2.46. The van der Waals surface area contributed by atoms with Crippen LogP contribution in [0.1, 0.15) is 45.6 Å². The first-order chi connectivity index (χ1) is 11.0. The zero-order chi connectivity index (χ0) is 18.0. The Morgan fingerprint density at radius 1 is 1.12 bits per heavy atom. The maximum Gasteiger partial charge on any atom is 0.418 e. The van der Waals surface area contributed by atoms with Gasteiger partial charge in [-0.2, -0.15) is 13.2 Å². The topological polar surface area (TPSA) is 46.2 Å². The predicted molar refractivity (Wildman–Crippen MR) is 83.3 cm³/mol. The second kappa shape index (κ2) is 4.83. The third-order valence-electron chi connectivity index (χ3n) is 6.62. The Labute approximate surface area is 138 Å². The standard InChI is InChI=1S/C18H20F3NO2/c1-15(2)16(3)8-9-17(15,10-13(16)23)14(24)22-12-7-5-4-6-11(12)18(19,20)21/h4-7H,8-10H2,1-3H3,(H,22,24). The summed E-state index contributed by atoms with van der Waals surface area (Å²) >= 11 is 0. The molecule has 0 spiro atoms. The summed E-state index contributed by atoms with van der Waals surface area (Å²) in [5.74, 6) is -0.461. The number of ketones is 1. The zero-order valence-electron chi connectivity index (χ0n) is 13.9. The van der Waals surface area contributed by atoms with Crippen molar-refractivity contribution >= 4 is 17.4 Å². The van der Waals surface area contributed by atoms with Crippen molar-refractivity contribution in [1.82, 2.24) is 0 Å². The third kappa shape index (κ3) is 1.98. The van der Waals surface area contributed by atoms with Crippen molar-refractivity contribution in [3.05, 3.63) is 29.8 Å². The van der Waals surface area contributed by atoms with Crippen LogP contribution in [0, 0.1) is 16.2 Å². The minimum atomic E-state index is -4.55. The summed E-state index contributed by atoms with van der Waals surface area (Å²) in [6, 6.07) is 4.92. The van der Waals surface area contributed by atoms with Crippen LogP contribution in [-0.2, 0) is 15.8 Å². The summed E-state index contributed by atoms with van der Waals surface area (Å²) in [6.45, 7) is 5.61. The van der Waals surface area contributed by atoms with Crippen LogP contribution >= 0.6 is 0 Å². The number of fused-ring (bicyclic) bond motifs is 2. The van der Waals surface area contributed by atoms with Gasteiger partial charge in [0.2, 0.25) is 5.91 Å². The Morgan fingerprint density at radius 3 is 2.25 bits per heavy atom. The van der Waals surface area contributed by atoms with Gasteiger partial charge in [-0.1, -0.05) is 32.9 Å². The van der Waals surface area contributed by atoms with Gasteiger partial charge in [0.1, 0.15) is 5.78 Å². The molecule has 2 saturated carbocycles. The summed E-state index contributed by atoms with van der Waals surface area (Å²) in [5.41, 5.74) is -3.26. The van der Waals surface area contributed by atoms with Crippen LogP contribution < -0.4 is 5.32 Å². The normalized spacial score (nSPS) is 31.3. The molecule has 1 amide bonds.